The average molecular weight is 259 g/mol. The molecule has 1 fully saturated rings. The number of hydrogen-bond acceptors (Lipinski definition) is 3. The quantitative estimate of drug-likeness (QED) is 0.771. The molecular formula is C12H19ClN2S. The van der Waals surface area contributed by atoms with E-state index in [-0.39, 0.29) is 0 Å². The summed E-state index contributed by atoms with van der Waals surface area (Å²) >= 11 is 7.80. The first-order chi connectivity index (χ1) is 7.54. The third-order valence-electron chi connectivity index (χ3n) is 3.23. The van der Waals surface area contributed by atoms with E-state index in [1.807, 2.05) is 11.3 Å². The molecule has 0 amide bonds. The van der Waals surface area contributed by atoms with Crippen LogP contribution < -0.4 is 0 Å². The monoisotopic (exact) mass is 258 g/mol. The van der Waals surface area contributed by atoms with Crippen molar-refractivity contribution in [2.24, 2.45) is 5.92 Å². The van der Waals surface area contributed by atoms with Crippen LogP contribution in [0.25, 0.3) is 0 Å². The van der Waals surface area contributed by atoms with Crippen molar-refractivity contribution in [3.8, 4) is 0 Å². The van der Waals surface area contributed by atoms with E-state index in [2.05, 4.69) is 30.8 Å². The van der Waals surface area contributed by atoms with Gasteiger partial charge in [0.1, 0.15) is 5.01 Å². The lowest BCUT2D eigenvalue weighted by Crippen LogP contribution is -2.34. The van der Waals surface area contributed by atoms with Crippen LogP contribution in [-0.2, 0) is 6.54 Å². The third-order valence-corrected chi connectivity index (χ3v) is 4.64. The van der Waals surface area contributed by atoms with Crippen molar-refractivity contribution in [2.45, 2.75) is 38.6 Å². The smallest absolute Gasteiger partial charge is 0.107 e. The number of alkyl halides is 1. The van der Waals surface area contributed by atoms with Crippen molar-refractivity contribution in [3.05, 3.63) is 15.6 Å². The molecular weight excluding hydrogens is 240 g/mol. The summed E-state index contributed by atoms with van der Waals surface area (Å²) in [6.07, 6.45) is 2.36. The number of thiazole rings is 1. The molecule has 0 atom stereocenters. The molecule has 2 nitrogen and oxygen atoms in total. The second-order valence-corrected chi connectivity index (χ2v) is 6.79. The molecule has 0 N–H and O–H groups in total. The van der Waals surface area contributed by atoms with Gasteiger partial charge >= 0.3 is 0 Å². The van der Waals surface area contributed by atoms with Crippen molar-refractivity contribution in [2.75, 3.05) is 13.6 Å². The molecule has 1 aromatic heterocycles. The molecule has 0 saturated heterocycles. The second-order valence-electron chi connectivity index (χ2n) is 4.88. The van der Waals surface area contributed by atoms with E-state index in [0.717, 1.165) is 19.0 Å². The number of aryl methyl sites for hydroxylation is 2. The van der Waals surface area contributed by atoms with Gasteiger partial charge in [-0.15, -0.1) is 22.9 Å². The van der Waals surface area contributed by atoms with Crippen LogP contribution in [0.4, 0.5) is 0 Å². The maximum absolute atomic E-state index is 5.98. The van der Waals surface area contributed by atoms with Gasteiger partial charge in [0, 0.05) is 16.8 Å². The van der Waals surface area contributed by atoms with Gasteiger partial charge in [-0.3, -0.25) is 4.90 Å². The molecule has 1 aliphatic carbocycles. The van der Waals surface area contributed by atoms with E-state index in [0.29, 0.717) is 5.38 Å². The summed E-state index contributed by atoms with van der Waals surface area (Å²) in [6.45, 7) is 6.35. The summed E-state index contributed by atoms with van der Waals surface area (Å²) in [5.74, 6) is 0.801. The van der Waals surface area contributed by atoms with Crippen LogP contribution in [0.15, 0.2) is 0 Å². The molecule has 1 aliphatic rings. The first-order valence-electron chi connectivity index (χ1n) is 5.80. The lowest BCUT2D eigenvalue weighted by molar-refractivity contribution is 0.204. The Balaban J connectivity index is 1.80. The summed E-state index contributed by atoms with van der Waals surface area (Å²) in [6, 6.07) is 0. The van der Waals surface area contributed by atoms with E-state index < -0.39 is 0 Å². The average Bonchev–Trinajstić information content (AvgIpc) is 2.43. The minimum absolute atomic E-state index is 0.433. The fraction of sp³-hybridized carbons (Fsp3) is 0.750. The molecule has 1 aromatic rings. The topological polar surface area (TPSA) is 16.1 Å². The molecule has 1 saturated carbocycles. The van der Waals surface area contributed by atoms with Crippen molar-refractivity contribution in [1.29, 1.82) is 0 Å². The fourth-order valence-corrected chi connectivity index (χ4v) is 3.66. The molecule has 0 bridgehead atoms. The summed E-state index contributed by atoms with van der Waals surface area (Å²) in [7, 11) is 2.17. The maximum atomic E-state index is 5.98. The molecule has 0 aliphatic heterocycles. The van der Waals surface area contributed by atoms with Crippen LogP contribution in [0, 0.1) is 19.8 Å². The van der Waals surface area contributed by atoms with Crippen LogP contribution in [0.3, 0.4) is 0 Å². The van der Waals surface area contributed by atoms with Crippen LogP contribution >= 0.6 is 22.9 Å². The second kappa shape index (κ2) is 5.03. The van der Waals surface area contributed by atoms with Gasteiger partial charge in [0.05, 0.1) is 12.2 Å². The predicted molar refractivity (Wildman–Crippen MR) is 70.3 cm³/mol. The lowest BCUT2D eigenvalue weighted by atomic mass is 9.84. The number of rotatable bonds is 4. The van der Waals surface area contributed by atoms with E-state index >= 15 is 0 Å². The van der Waals surface area contributed by atoms with Crippen LogP contribution in [0.1, 0.15) is 28.4 Å². The Hall–Kier alpha value is -0.120. The number of halogens is 1. The van der Waals surface area contributed by atoms with E-state index in [1.165, 1.54) is 28.4 Å². The molecule has 0 radical (unpaired) electrons. The van der Waals surface area contributed by atoms with Crippen LogP contribution in [-0.4, -0.2) is 28.9 Å². The van der Waals surface area contributed by atoms with Crippen molar-refractivity contribution in [1.82, 2.24) is 9.88 Å². The van der Waals surface area contributed by atoms with Gasteiger partial charge in [-0.25, -0.2) is 4.98 Å². The summed E-state index contributed by atoms with van der Waals surface area (Å²) in [5.41, 5.74) is 1.18. The summed E-state index contributed by atoms with van der Waals surface area (Å²) in [5, 5.41) is 1.67. The van der Waals surface area contributed by atoms with Gasteiger partial charge in [-0.1, -0.05) is 0 Å². The van der Waals surface area contributed by atoms with Gasteiger partial charge in [0.25, 0.3) is 0 Å². The Kier molecular flexibility index (Phi) is 3.88. The van der Waals surface area contributed by atoms with E-state index in [9.17, 15) is 0 Å². The highest BCUT2D eigenvalue weighted by molar-refractivity contribution is 7.11. The minimum Gasteiger partial charge on any atom is -0.299 e. The van der Waals surface area contributed by atoms with Crippen molar-refractivity contribution in [3.63, 3.8) is 0 Å². The number of nitrogens with zero attached hydrogens (tertiary/aromatic N) is 2. The first-order valence-corrected chi connectivity index (χ1v) is 7.05. The summed E-state index contributed by atoms with van der Waals surface area (Å²) < 4.78 is 0. The Morgan fingerprint density at radius 2 is 2.12 bits per heavy atom. The van der Waals surface area contributed by atoms with E-state index in [1.54, 1.807) is 0 Å². The molecule has 90 valence electrons. The van der Waals surface area contributed by atoms with Crippen LogP contribution in [0.5, 0.6) is 0 Å². The Morgan fingerprint density at radius 3 is 2.62 bits per heavy atom. The summed E-state index contributed by atoms with van der Waals surface area (Å²) in [4.78, 5) is 8.27. The normalized spacial score (nSPS) is 24.8. The Labute approximate surface area is 107 Å². The maximum Gasteiger partial charge on any atom is 0.107 e. The SMILES string of the molecule is Cc1nc(CN(C)CC2CC(Cl)C2)sc1C. The zero-order valence-electron chi connectivity index (χ0n) is 10.2. The predicted octanol–water partition coefficient (Wildman–Crippen LogP) is 3.21. The lowest BCUT2D eigenvalue weighted by Gasteiger charge is -2.33. The van der Waals surface area contributed by atoms with Crippen LogP contribution in [0.2, 0.25) is 0 Å². The standard InChI is InChI=1S/C12H19ClN2S/c1-8-9(2)16-12(14-8)7-15(3)6-10-4-11(13)5-10/h10-11H,4-7H2,1-3H3. The van der Waals surface area contributed by atoms with Crippen molar-refractivity contribution < 1.29 is 0 Å². The highest BCUT2D eigenvalue weighted by atomic mass is 35.5. The zero-order valence-corrected chi connectivity index (χ0v) is 11.7. The number of hydrogen-bond donors (Lipinski definition) is 0. The fourth-order valence-electron chi connectivity index (χ4n) is 2.15. The third kappa shape index (κ3) is 2.96. The highest BCUT2D eigenvalue weighted by Gasteiger charge is 2.28. The minimum atomic E-state index is 0.433. The number of aromatic nitrogens is 1. The largest absolute Gasteiger partial charge is 0.299 e. The van der Waals surface area contributed by atoms with Gasteiger partial charge in [0.2, 0.25) is 0 Å². The van der Waals surface area contributed by atoms with Gasteiger partial charge in [0.15, 0.2) is 0 Å². The van der Waals surface area contributed by atoms with Crippen molar-refractivity contribution >= 4 is 22.9 Å². The van der Waals surface area contributed by atoms with Gasteiger partial charge < -0.3 is 0 Å². The molecule has 0 unspecified atom stereocenters. The van der Waals surface area contributed by atoms with E-state index in [4.69, 9.17) is 11.6 Å². The Bertz CT molecular complexity index is 338. The zero-order chi connectivity index (χ0) is 11.7. The molecule has 1 heterocycles. The van der Waals surface area contributed by atoms with Gasteiger partial charge in [-0.05, 0) is 39.7 Å². The molecule has 2 rings (SSSR count). The molecule has 0 aromatic carbocycles. The highest BCUT2D eigenvalue weighted by Crippen LogP contribution is 2.32. The molecule has 4 heteroatoms. The molecule has 0 spiro atoms. The first kappa shape index (κ1) is 12.3. The molecule has 16 heavy (non-hydrogen) atoms. The van der Waals surface area contributed by atoms with Gasteiger partial charge in [-0.2, -0.15) is 0 Å². The Morgan fingerprint density at radius 1 is 1.44 bits per heavy atom.